The molecule has 0 aliphatic carbocycles. The number of carbonyl (C=O) groups is 2. The second-order valence-corrected chi connectivity index (χ2v) is 9.02. The first-order chi connectivity index (χ1) is 15.8. The molecule has 0 spiro atoms. The molecule has 0 fully saturated rings. The summed E-state index contributed by atoms with van der Waals surface area (Å²) in [6.07, 6.45) is 2.61. The summed E-state index contributed by atoms with van der Waals surface area (Å²) in [5.41, 5.74) is 5.22. The smallest absolute Gasteiger partial charge is 0.337 e. The Morgan fingerprint density at radius 1 is 0.939 bits per heavy atom. The van der Waals surface area contributed by atoms with Crippen molar-refractivity contribution in [2.75, 3.05) is 17.7 Å². The van der Waals surface area contributed by atoms with Crippen molar-refractivity contribution >= 4 is 33.8 Å². The Bertz CT molecular complexity index is 1240. The van der Waals surface area contributed by atoms with E-state index in [2.05, 4.69) is 15.3 Å². The zero-order valence-electron chi connectivity index (χ0n) is 18.1. The van der Waals surface area contributed by atoms with Gasteiger partial charge in [0.2, 0.25) is 10.0 Å². The highest BCUT2D eigenvalue weighted by Gasteiger charge is 2.17. The Labute approximate surface area is 192 Å². The Kier molecular flexibility index (Phi) is 7.57. The molecule has 8 nitrogen and oxygen atoms in total. The van der Waals surface area contributed by atoms with Crippen LogP contribution in [0.1, 0.15) is 31.8 Å². The fourth-order valence-electron chi connectivity index (χ4n) is 2.97. The summed E-state index contributed by atoms with van der Waals surface area (Å²) >= 11 is 0. The Morgan fingerprint density at radius 2 is 1.55 bits per heavy atom. The number of nitrogens with one attached hydrogen (secondary N) is 1. The van der Waals surface area contributed by atoms with E-state index in [1.165, 1.54) is 17.6 Å². The predicted molar refractivity (Wildman–Crippen MR) is 127 cm³/mol. The number of hydrogen-bond acceptors (Lipinski definition) is 6. The van der Waals surface area contributed by atoms with Crippen molar-refractivity contribution in [3.05, 3.63) is 101 Å². The van der Waals surface area contributed by atoms with Gasteiger partial charge >= 0.3 is 5.97 Å². The first-order valence-corrected chi connectivity index (χ1v) is 11.8. The van der Waals surface area contributed by atoms with Crippen molar-refractivity contribution in [2.45, 2.75) is 6.54 Å². The third-order valence-electron chi connectivity index (χ3n) is 4.70. The molecule has 9 heteroatoms. The van der Waals surface area contributed by atoms with Gasteiger partial charge in [-0.1, -0.05) is 42.5 Å². The van der Waals surface area contributed by atoms with Crippen molar-refractivity contribution in [1.29, 1.82) is 0 Å². The minimum Gasteiger partial charge on any atom is -0.465 e. The van der Waals surface area contributed by atoms with Gasteiger partial charge in [0.15, 0.2) is 0 Å². The number of sulfonamides is 1. The molecule has 0 atom stereocenters. The molecule has 0 radical (unpaired) electrons. The third kappa shape index (κ3) is 6.50. The number of rotatable bonds is 8. The molecule has 170 valence electrons. The minimum absolute atomic E-state index is 0.143. The van der Waals surface area contributed by atoms with E-state index in [1.807, 2.05) is 6.07 Å². The number of ether oxygens (including phenoxy) is 1. The summed E-state index contributed by atoms with van der Waals surface area (Å²) in [5.74, 6) is -0.842. The topological polar surface area (TPSA) is 105 Å². The van der Waals surface area contributed by atoms with Gasteiger partial charge in [-0.25, -0.2) is 18.6 Å². The maximum atomic E-state index is 12.3. The number of nitrogens with zero attached hydrogens (tertiary/aromatic N) is 2. The van der Waals surface area contributed by atoms with Gasteiger partial charge in [0.1, 0.15) is 0 Å². The van der Waals surface area contributed by atoms with Crippen molar-refractivity contribution < 1.29 is 22.7 Å². The van der Waals surface area contributed by atoms with Gasteiger partial charge in [-0.15, -0.1) is 0 Å². The SMILES string of the molecule is COC(=O)c1ccc(C=NNC(=O)c2ccc(CN(c3ccccc3)S(C)(=O)=O)cc2)cc1. The largest absolute Gasteiger partial charge is 0.465 e. The average Bonchev–Trinajstić information content (AvgIpc) is 2.82. The second-order valence-electron chi connectivity index (χ2n) is 7.11. The first kappa shape index (κ1) is 23.7. The van der Waals surface area contributed by atoms with Crippen molar-refractivity contribution in [3.8, 4) is 0 Å². The van der Waals surface area contributed by atoms with Crippen LogP contribution < -0.4 is 9.73 Å². The molecular formula is C24H23N3O5S. The van der Waals surface area contributed by atoms with Crippen LogP contribution in [0, 0.1) is 0 Å². The van der Waals surface area contributed by atoms with E-state index in [1.54, 1.807) is 72.8 Å². The molecule has 1 N–H and O–H groups in total. The first-order valence-electron chi connectivity index (χ1n) is 9.91. The van der Waals surface area contributed by atoms with Crippen molar-refractivity contribution in [3.63, 3.8) is 0 Å². The molecule has 3 aromatic rings. The van der Waals surface area contributed by atoms with Crippen LogP contribution in [0.15, 0.2) is 84.0 Å². The predicted octanol–water partition coefficient (Wildman–Crippen LogP) is 3.20. The molecule has 1 amide bonds. The van der Waals surface area contributed by atoms with Crippen LogP contribution in [0.2, 0.25) is 0 Å². The van der Waals surface area contributed by atoms with Gasteiger partial charge in [-0.2, -0.15) is 5.10 Å². The number of para-hydroxylation sites is 1. The number of hydrazone groups is 1. The van der Waals surface area contributed by atoms with Gasteiger partial charge in [0.05, 0.1) is 37.4 Å². The molecule has 0 unspecified atom stereocenters. The van der Waals surface area contributed by atoms with Gasteiger partial charge < -0.3 is 4.74 Å². The summed E-state index contributed by atoms with van der Waals surface area (Å²) in [5, 5.41) is 3.93. The monoisotopic (exact) mass is 465 g/mol. The molecule has 0 saturated heterocycles. The molecule has 3 aromatic carbocycles. The molecule has 0 heterocycles. The van der Waals surface area contributed by atoms with Crippen LogP contribution in [-0.4, -0.2) is 39.9 Å². The normalized spacial score (nSPS) is 11.2. The standard InChI is InChI=1S/C24H23N3O5S/c1-32-24(29)21-14-8-18(9-15-21)16-25-26-23(28)20-12-10-19(11-13-20)17-27(33(2,30)31)22-6-4-3-5-7-22/h3-16H,17H2,1-2H3,(H,26,28). The Hall–Kier alpha value is -3.98. The van der Waals surface area contributed by atoms with E-state index < -0.39 is 21.9 Å². The molecule has 0 aliphatic heterocycles. The number of methoxy groups -OCH3 is 1. The molecule has 0 aliphatic rings. The Morgan fingerprint density at radius 3 is 2.12 bits per heavy atom. The third-order valence-corrected chi connectivity index (χ3v) is 5.84. The zero-order chi connectivity index (χ0) is 23.8. The highest BCUT2D eigenvalue weighted by molar-refractivity contribution is 7.92. The molecular weight excluding hydrogens is 442 g/mol. The fourth-order valence-corrected chi connectivity index (χ4v) is 3.86. The minimum atomic E-state index is -3.48. The molecule has 0 aromatic heterocycles. The number of amides is 1. The molecule has 3 rings (SSSR count). The van der Waals surface area contributed by atoms with E-state index >= 15 is 0 Å². The maximum Gasteiger partial charge on any atom is 0.337 e. The van der Waals surface area contributed by atoms with E-state index in [0.717, 1.165) is 11.8 Å². The van der Waals surface area contributed by atoms with Gasteiger partial charge in [-0.05, 0) is 47.5 Å². The van der Waals surface area contributed by atoms with E-state index in [9.17, 15) is 18.0 Å². The van der Waals surface area contributed by atoms with Gasteiger partial charge in [-0.3, -0.25) is 9.10 Å². The van der Waals surface area contributed by atoms with Crippen molar-refractivity contribution in [2.24, 2.45) is 5.10 Å². The lowest BCUT2D eigenvalue weighted by Crippen LogP contribution is -2.29. The van der Waals surface area contributed by atoms with Crippen LogP contribution in [0.4, 0.5) is 5.69 Å². The van der Waals surface area contributed by atoms with Crippen LogP contribution in [0.5, 0.6) is 0 Å². The lowest BCUT2D eigenvalue weighted by atomic mass is 10.1. The fraction of sp³-hybridized carbons (Fsp3) is 0.125. The second kappa shape index (κ2) is 10.6. The van der Waals surface area contributed by atoms with E-state index in [-0.39, 0.29) is 6.54 Å². The highest BCUT2D eigenvalue weighted by atomic mass is 32.2. The van der Waals surface area contributed by atoms with Gasteiger partial charge in [0, 0.05) is 5.56 Å². The zero-order valence-corrected chi connectivity index (χ0v) is 19.0. The Balaban J connectivity index is 1.63. The number of hydrogen-bond donors (Lipinski definition) is 1. The van der Waals surface area contributed by atoms with Gasteiger partial charge in [0.25, 0.3) is 5.91 Å². The summed E-state index contributed by atoms with van der Waals surface area (Å²) < 4.78 is 30.4. The summed E-state index contributed by atoms with van der Waals surface area (Å²) in [6.45, 7) is 0.143. The molecule has 33 heavy (non-hydrogen) atoms. The highest BCUT2D eigenvalue weighted by Crippen LogP contribution is 2.20. The van der Waals surface area contributed by atoms with Crippen molar-refractivity contribution in [1.82, 2.24) is 5.43 Å². The van der Waals surface area contributed by atoms with E-state index in [0.29, 0.717) is 22.4 Å². The summed E-state index contributed by atoms with van der Waals surface area (Å²) in [6, 6.07) is 22.0. The van der Waals surface area contributed by atoms with E-state index in [4.69, 9.17) is 0 Å². The lowest BCUT2D eigenvalue weighted by Gasteiger charge is -2.22. The quantitative estimate of drug-likeness (QED) is 0.312. The van der Waals surface area contributed by atoms with Crippen LogP contribution >= 0.6 is 0 Å². The maximum absolute atomic E-state index is 12.3. The summed E-state index contributed by atoms with van der Waals surface area (Å²) in [4.78, 5) is 23.8. The van der Waals surface area contributed by atoms with Crippen LogP contribution in [0.25, 0.3) is 0 Å². The number of anilines is 1. The number of esters is 1. The number of benzene rings is 3. The van der Waals surface area contributed by atoms with Crippen LogP contribution in [-0.2, 0) is 21.3 Å². The van der Waals surface area contributed by atoms with Crippen LogP contribution in [0.3, 0.4) is 0 Å². The number of carbonyl (C=O) groups excluding carboxylic acids is 2. The summed E-state index contributed by atoms with van der Waals surface area (Å²) in [7, 11) is -2.17. The lowest BCUT2D eigenvalue weighted by molar-refractivity contribution is 0.0600. The average molecular weight is 466 g/mol. The molecule has 0 bridgehead atoms. The molecule has 0 saturated carbocycles.